The summed E-state index contributed by atoms with van der Waals surface area (Å²) in [5.74, 6) is 0.0913. The third kappa shape index (κ3) is 3.89. The van der Waals surface area contributed by atoms with Crippen LogP contribution in [0, 0.1) is 0 Å². The van der Waals surface area contributed by atoms with Gasteiger partial charge in [-0.05, 0) is 32.1 Å². The fourth-order valence-electron chi connectivity index (χ4n) is 4.02. The summed E-state index contributed by atoms with van der Waals surface area (Å²) in [6.07, 6.45) is 5.11. The van der Waals surface area contributed by atoms with E-state index in [2.05, 4.69) is 4.98 Å². The van der Waals surface area contributed by atoms with Gasteiger partial charge < -0.3 is 20.3 Å². The van der Waals surface area contributed by atoms with Crippen molar-refractivity contribution in [2.45, 2.75) is 57.5 Å². The Kier molecular flexibility index (Phi) is 5.46. The second-order valence-electron chi connectivity index (χ2n) is 6.78. The van der Waals surface area contributed by atoms with Crippen LogP contribution in [0.15, 0.2) is 0 Å². The average molecular weight is 366 g/mol. The fourth-order valence-corrected chi connectivity index (χ4v) is 4.97. The molecule has 2 heterocycles. The van der Waals surface area contributed by atoms with Crippen molar-refractivity contribution >= 4 is 28.5 Å². The van der Waals surface area contributed by atoms with E-state index in [1.54, 1.807) is 11.8 Å². The van der Waals surface area contributed by atoms with Crippen LogP contribution >= 0.6 is 11.3 Å². The van der Waals surface area contributed by atoms with Crippen molar-refractivity contribution in [1.29, 1.82) is 0 Å². The molecule has 1 aromatic heterocycles. The summed E-state index contributed by atoms with van der Waals surface area (Å²) in [5.41, 5.74) is 6.91. The van der Waals surface area contributed by atoms with Gasteiger partial charge in [-0.1, -0.05) is 0 Å². The third-order valence-corrected chi connectivity index (χ3v) is 6.21. The number of amides is 2. The molecule has 0 radical (unpaired) electrons. The highest BCUT2D eigenvalue weighted by molar-refractivity contribution is 7.15. The Bertz CT molecular complexity index is 648. The van der Waals surface area contributed by atoms with Crippen molar-refractivity contribution in [2.24, 2.45) is 0 Å². The summed E-state index contributed by atoms with van der Waals surface area (Å²) < 4.78 is 4.87. The van der Waals surface area contributed by atoms with E-state index in [1.807, 2.05) is 4.90 Å². The number of hydrogen-bond acceptors (Lipinski definition) is 6. The summed E-state index contributed by atoms with van der Waals surface area (Å²) in [5, 5.41) is 0.611. The van der Waals surface area contributed by atoms with Crippen LogP contribution in [0.3, 0.4) is 0 Å². The van der Waals surface area contributed by atoms with Crippen LogP contribution < -0.4 is 5.73 Å². The van der Waals surface area contributed by atoms with Gasteiger partial charge in [-0.15, -0.1) is 11.3 Å². The number of hydrogen-bond donors (Lipinski definition) is 1. The number of aryl methyl sites for hydroxylation is 1. The molecule has 2 atom stereocenters. The van der Waals surface area contributed by atoms with Crippen molar-refractivity contribution in [1.82, 2.24) is 14.8 Å². The van der Waals surface area contributed by atoms with Crippen molar-refractivity contribution in [3.05, 3.63) is 10.6 Å². The Hall–Kier alpha value is -1.83. The maximum Gasteiger partial charge on any atom is 0.409 e. The molecule has 1 aliphatic heterocycles. The lowest BCUT2D eigenvalue weighted by Gasteiger charge is -2.34. The first-order valence-corrected chi connectivity index (χ1v) is 9.67. The van der Waals surface area contributed by atoms with E-state index in [0.29, 0.717) is 11.7 Å². The number of thiazole rings is 1. The van der Waals surface area contributed by atoms with E-state index in [1.165, 1.54) is 23.3 Å². The van der Waals surface area contributed by atoms with Gasteiger partial charge in [0, 0.05) is 43.4 Å². The topological polar surface area (TPSA) is 88.8 Å². The molecule has 2 aliphatic rings. The monoisotopic (exact) mass is 366 g/mol. The number of carbonyl (C=O) groups is 2. The largest absolute Gasteiger partial charge is 0.453 e. The Morgan fingerprint density at radius 2 is 2.24 bits per heavy atom. The van der Waals surface area contributed by atoms with Crippen LogP contribution in [-0.2, 0) is 22.4 Å². The van der Waals surface area contributed by atoms with Crippen LogP contribution in [-0.4, -0.2) is 59.1 Å². The number of fused-ring (bicyclic) bond motifs is 1. The van der Waals surface area contributed by atoms with Gasteiger partial charge >= 0.3 is 6.09 Å². The minimum Gasteiger partial charge on any atom is -0.453 e. The summed E-state index contributed by atoms with van der Waals surface area (Å²) >= 11 is 1.53. The Morgan fingerprint density at radius 3 is 2.96 bits per heavy atom. The molecule has 7 nitrogen and oxygen atoms in total. The van der Waals surface area contributed by atoms with Gasteiger partial charge in [0.2, 0.25) is 5.91 Å². The number of ether oxygens (including phenoxy) is 1. The van der Waals surface area contributed by atoms with Crippen LogP contribution in [0.2, 0.25) is 0 Å². The number of carbonyl (C=O) groups excluding carboxylic acids is 2. The highest BCUT2D eigenvalue weighted by atomic mass is 32.1. The van der Waals surface area contributed by atoms with Gasteiger partial charge in [-0.2, -0.15) is 0 Å². The first-order valence-electron chi connectivity index (χ1n) is 8.85. The number of nitrogens with two attached hydrogens (primary N) is 1. The third-order valence-electron chi connectivity index (χ3n) is 5.26. The molecule has 1 aromatic rings. The summed E-state index contributed by atoms with van der Waals surface area (Å²) in [6.45, 7) is 3.04. The molecule has 0 bridgehead atoms. The predicted molar refractivity (Wildman–Crippen MR) is 96.5 cm³/mol. The Morgan fingerprint density at radius 1 is 1.44 bits per heavy atom. The molecule has 1 fully saturated rings. The number of methoxy groups -OCH3 is 1. The van der Waals surface area contributed by atoms with Gasteiger partial charge in [0.1, 0.15) is 0 Å². The van der Waals surface area contributed by atoms with Crippen molar-refractivity contribution in [3.8, 4) is 0 Å². The maximum absolute atomic E-state index is 12.2. The van der Waals surface area contributed by atoms with Gasteiger partial charge in [-0.3, -0.25) is 4.79 Å². The molecule has 138 valence electrons. The first kappa shape index (κ1) is 18.0. The quantitative estimate of drug-likeness (QED) is 0.881. The molecule has 1 aliphatic carbocycles. The van der Waals surface area contributed by atoms with Crippen LogP contribution in [0.5, 0.6) is 0 Å². The van der Waals surface area contributed by atoms with Crippen LogP contribution in [0.1, 0.15) is 43.2 Å². The molecule has 0 aromatic carbocycles. The van der Waals surface area contributed by atoms with Gasteiger partial charge in [0.25, 0.3) is 0 Å². The lowest BCUT2D eigenvalue weighted by Crippen LogP contribution is -2.45. The average Bonchev–Trinajstić information content (AvgIpc) is 3.19. The molecule has 3 rings (SSSR count). The zero-order chi connectivity index (χ0) is 18.0. The maximum atomic E-state index is 12.2. The molecule has 0 saturated carbocycles. The lowest BCUT2D eigenvalue weighted by molar-refractivity contribution is -0.131. The van der Waals surface area contributed by atoms with E-state index in [4.69, 9.17) is 10.5 Å². The first-order chi connectivity index (χ1) is 12.0. The number of rotatable bonds is 4. The molecule has 1 saturated heterocycles. The second-order valence-corrected chi connectivity index (χ2v) is 7.89. The molecule has 0 spiro atoms. The highest BCUT2D eigenvalue weighted by Crippen LogP contribution is 2.31. The Balaban J connectivity index is 1.62. The second kappa shape index (κ2) is 7.59. The number of nitrogens with zero attached hydrogens (tertiary/aromatic N) is 3. The number of anilines is 1. The molecular formula is C17H26N4O3S. The zero-order valence-corrected chi connectivity index (χ0v) is 15.7. The number of aromatic nitrogens is 1. The van der Waals surface area contributed by atoms with E-state index >= 15 is 0 Å². The lowest BCUT2D eigenvalue weighted by atomic mass is 9.95. The molecule has 2 unspecified atom stereocenters. The van der Waals surface area contributed by atoms with Gasteiger partial charge in [0.15, 0.2) is 5.13 Å². The van der Waals surface area contributed by atoms with E-state index in [-0.39, 0.29) is 24.1 Å². The normalized spacial score (nSPS) is 22.6. The summed E-state index contributed by atoms with van der Waals surface area (Å²) in [4.78, 5) is 33.4. The van der Waals surface area contributed by atoms with Gasteiger partial charge in [0.05, 0.1) is 12.8 Å². The number of likely N-dealkylation sites (tertiary alicyclic amines) is 1. The SMILES string of the molecule is COC(=O)N1CCCC1CCN(C(C)=O)C1CCc2nc(N)sc2C1. The summed E-state index contributed by atoms with van der Waals surface area (Å²) in [7, 11) is 1.42. The van der Waals surface area contributed by atoms with Crippen molar-refractivity contribution in [2.75, 3.05) is 25.9 Å². The molecular weight excluding hydrogens is 340 g/mol. The smallest absolute Gasteiger partial charge is 0.409 e. The van der Waals surface area contributed by atoms with Crippen molar-refractivity contribution in [3.63, 3.8) is 0 Å². The standard InChI is InChI=1S/C17H26N4O3S/c1-11(22)20(9-7-12-4-3-8-21(12)17(23)24-2)13-5-6-14-15(10-13)25-16(18)19-14/h12-13H,3-10H2,1-2H3,(H2,18,19). The van der Waals surface area contributed by atoms with E-state index < -0.39 is 0 Å². The molecule has 2 N–H and O–H groups in total. The zero-order valence-electron chi connectivity index (χ0n) is 14.9. The van der Waals surface area contributed by atoms with E-state index in [0.717, 1.165) is 50.8 Å². The fraction of sp³-hybridized carbons (Fsp3) is 0.706. The molecule has 8 heteroatoms. The number of nitrogen functional groups attached to an aromatic ring is 1. The van der Waals surface area contributed by atoms with Crippen LogP contribution in [0.25, 0.3) is 0 Å². The van der Waals surface area contributed by atoms with Crippen molar-refractivity contribution < 1.29 is 14.3 Å². The predicted octanol–water partition coefficient (Wildman–Crippen LogP) is 2.05. The summed E-state index contributed by atoms with van der Waals surface area (Å²) in [6, 6.07) is 0.352. The van der Waals surface area contributed by atoms with Gasteiger partial charge in [-0.25, -0.2) is 9.78 Å². The Labute approximate surface area is 152 Å². The molecule has 25 heavy (non-hydrogen) atoms. The highest BCUT2D eigenvalue weighted by Gasteiger charge is 2.32. The van der Waals surface area contributed by atoms with Crippen LogP contribution in [0.4, 0.5) is 9.93 Å². The van der Waals surface area contributed by atoms with E-state index in [9.17, 15) is 9.59 Å². The minimum atomic E-state index is -0.265. The minimum absolute atomic E-state index is 0.0913. The molecule has 2 amide bonds.